The van der Waals surface area contributed by atoms with E-state index in [1.54, 1.807) is 30.3 Å². The van der Waals surface area contributed by atoms with Gasteiger partial charge in [0.2, 0.25) is 10.0 Å². The molecule has 0 aromatic heterocycles. The molecule has 7 heteroatoms. The molecule has 0 atom stereocenters. The van der Waals surface area contributed by atoms with Crippen LogP contribution in [-0.2, 0) is 10.0 Å². The SMILES string of the molecule is O=S(=O)(c1cccc2cccc(Cl)c12)N(CCO)CCO. The fraction of sp³-hybridized carbons (Fsp3) is 0.286. The minimum atomic E-state index is -3.85. The first kappa shape index (κ1) is 16.2. The Kier molecular flexibility index (Phi) is 5.18. The summed E-state index contributed by atoms with van der Waals surface area (Å²) in [6.07, 6.45) is 0. The number of nitrogens with zero attached hydrogens (tertiary/aromatic N) is 1. The lowest BCUT2D eigenvalue weighted by molar-refractivity contribution is 0.217. The van der Waals surface area contributed by atoms with Gasteiger partial charge in [0.05, 0.1) is 18.1 Å². The van der Waals surface area contributed by atoms with Crippen LogP contribution in [0.4, 0.5) is 0 Å². The van der Waals surface area contributed by atoms with Gasteiger partial charge >= 0.3 is 0 Å². The summed E-state index contributed by atoms with van der Waals surface area (Å²) in [5.41, 5.74) is 0. The average Bonchev–Trinajstić information content (AvgIpc) is 2.47. The minimum Gasteiger partial charge on any atom is -0.395 e. The number of aliphatic hydroxyl groups excluding tert-OH is 2. The van der Waals surface area contributed by atoms with E-state index in [1.165, 1.54) is 6.07 Å². The van der Waals surface area contributed by atoms with Crippen molar-refractivity contribution in [2.24, 2.45) is 0 Å². The number of benzene rings is 2. The molecule has 2 N–H and O–H groups in total. The van der Waals surface area contributed by atoms with E-state index in [0.717, 1.165) is 9.69 Å². The first-order valence-electron chi connectivity index (χ1n) is 6.41. The summed E-state index contributed by atoms with van der Waals surface area (Å²) in [4.78, 5) is 0.0764. The maximum absolute atomic E-state index is 12.7. The van der Waals surface area contributed by atoms with E-state index in [1.807, 2.05) is 0 Å². The van der Waals surface area contributed by atoms with Crippen LogP contribution in [0.1, 0.15) is 0 Å². The number of aliphatic hydroxyl groups is 2. The van der Waals surface area contributed by atoms with Crippen LogP contribution in [0.15, 0.2) is 41.3 Å². The van der Waals surface area contributed by atoms with Crippen molar-refractivity contribution in [1.82, 2.24) is 4.31 Å². The lowest BCUT2D eigenvalue weighted by atomic mass is 10.1. The van der Waals surface area contributed by atoms with E-state index in [4.69, 9.17) is 21.8 Å². The highest BCUT2D eigenvalue weighted by Crippen LogP contribution is 2.31. The highest BCUT2D eigenvalue weighted by Gasteiger charge is 2.26. The van der Waals surface area contributed by atoms with E-state index in [2.05, 4.69) is 0 Å². The zero-order valence-corrected chi connectivity index (χ0v) is 12.8. The van der Waals surface area contributed by atoms with Gasteiger partial charge in [-0.15, -0.1) is 0 Å². The lowest BCUT2D eigenvalue weighted by Gasteiger charge is -2.21. The zero-order chi connectivity index (χ0) is 15.5. The summed E-state index contributed by atoms with van der Waals surface area (Å²) in [7, 11) is -3.85. The third-order valence-corrected chi connectivity index (χ3v) is 5.39. The number of hydrogen-bond donors (Lipinski definition) is 2. The van der Waals surface area contributed by atoms with Crippen LogP contribution >= 0.6 is 11.6 Å². The number of halogens is 1. The summed E-state index contributed by atoms with van der Waals surface area (Å²) >= 11 is 6.15. The van der Waals surface area contributed by atoms with Crippen LogP contribution in [0.2, 0.25) is 5.02 Å². The smallest absolute Gasteiger partial charge is 0.243 e. The molecule has 114 valence electrons. The maximum atomic E-state index is 12.7. The molecule has 2 aromatic rings. The Morgan fingerprint density at radius 1 is 1.00 bits per heavy atom. The van der Waals surface area contributed by atoms with Crippen molar-refractivity contribution in [3.63, 3.8) is 0 Å². The third kappa shape index (κ3) is 3.20. The Hall–Kier alpha value is -1.18. The van der Waals surface area contributed by atoms with Gasteiger partial charge in [-0.05, 0) is 17.5 Å². The largest absolute Gasteiger partial charge is 0.395 e. The molecule has 0 spiro atoms. The molecule has 0 saturated heterocycles. The van der Waals surface area contributed by atoms with Crippen LogP contribution in [0.3, 0.4) is 0 Å². The molecule has 0 unspecified atom stereocenters. The highest BCUT2D eigenvalue weighted by atomic mass is 35.5. The maximum Gasteiger partial charge on any atom is 0.243 e. The van der Waals surface area contributed by atoms with E-state index in [9.17, 15) is 8.42 Å². The summed E-state index contributed by atoms with van der Waals surface area (Å²) in [5, 5.41) is 19.6. The Morgan fingerprint density at radius 3 is 2.14 bits per heavy atom. The van der Waals surface area contributed by atoms with E-state index >= 15 is 0 Å². The van der Waals surface area contributed by atoms with Crippen molar-refractivity contribution in [2.45, 2.75) is 4.90 Å². The number of rotatable bonds is 6. The number of sulfonamides is 1. The van der Waals surface area contributed by atoms with Crippen molar-refractivity contribution in [3.8, 4) is 0 Å². The van der Waals surface area contributed by atoms with E-state index < -0.39 is 10.0 Å². The highest BCUT2D eigenvalue weighted by molar-refractivity contribution is 7.89. The molecule has 2 aromatic carbocycles. The second kappa shape index (κ2) is 6.72. The quantitative estimate of drug-likeness (QED) is 0.841. The number of hydrogen-bond acceptors (Lipinski definition) is 4. The monoisotopic (exact) mass is 329 g/mol. The van der Waals surface area contributed by atoms with Crippen LogP contribution < -0.4 is 0 Å². The van der Waals surface area contributed by atoms with Crippen LogP contribution in [0.25, 0.3) is 10.8 Å². The van der Waals surface area contributed by atoms with Gasteiger partial charge in [-0.25, -0.2) is 8.42 Å². The van der Waals surface area contributed by atoms with Crippen LogP contribution in [0.5, 0.6) is 0 Å². The van der Waals surface area contributed by atoms with Gasteiger partial charge in [0.15, 0.2) is 0 Å². The molecular weight excluding hydrogens is 314 g/mol. The summed E-state index contributed by atoms with van der Waals surface area (Å²) < 4.78 is 26.5. The molecule has 5 nitrogen and oxygen atoms in total. The van der Waals surface area contributed by atoms with Crippen molar-refractivity contribution in [3.05, 3.63) is 41.4 Å². The molecule has 0 radical (unpaired) electrons. The van der Waals surface area contributed by atoms with Crippen molar-refractivity contribution < 1.29 is 18.6 Å². The molecule has 2 rings (SSSR count). The fourth-order valence-electron chi connectivity index (χ4n) is 2.19. The molecule has 0 bridgehead atoms. The predicted molar refractivity (Wildman–Crippen MR) is 81.9 cm³/mol. The fourth-order valence-corrected chi connectivity index (χ4v) is 4.19. The second-order valence-electron chi connectivity index (χ2n) is 4.45. The molecule has 0 aliphatic heterocycles. The van der Waals surface area contributed by atoms with Gasteiger partial charge < -0.3 is 10.2 Å². The normalized spacial score (nSPS) is 12.2. The van der Waals surface area contributed by atoms with E-state index in [0.29, 0.717) is 10.4 Å². The summed E-state index contributed by atoms with van der Waals surface area (Å²) in [6, 6.07) is 10.1. The Balaban J connectivity index is 2.64. The first-order chi connectivity index (χ1) is 10.0. The first-order valence-corrected chi connectivity index (χ1v) is 8.23. The molecular formula is C14H16ClNO4S. The standard InChI is InChI=1S/C14H16ClNO4S/c15-12-5-1-3-11-4-2-6-13(14(11)12)21(19,20)16(7-9-17)8-10-18/h1-6,17-18H,7-10H2. The zero-order valence-electron chi connectivity index (χ0n) is 11.2. The minimum absolute atomic E-state index is 0.0764. The molecule has 0 heterocycles. The Labute approximate surface area is 128 Å². The molecule has 0 aliphatic carbocycles. The van der Waals surface area contributed by atoms with Gasteiger partial charge in [-0.1, -0.05) is 35.9 Å². The predicted octanol–water partition coefficient (Wildman–Crippen LogP) is 1.47. The van der Waals surface area contributed by atoms with Gasteiger partial charge in [0.1, 0.15) is 0 Å². The van der Waals surface area contributed by atoms with Crippen LogP contribution in [0, 0.1) is 0 Å². The molecule has 0 fully saturated rings. The molecule has 0 amide bonds. The van der Waals surface area contributed by atoms with Gasteiger partial charge in [0, 0.05) is 23.5 Å². The third-order valence-electron chi connectivity index (χ3n) is 3.13. The molecule has 21 heavy (non-hydrogen) atoms. The second-order valence-corrected chi connectivity index (χ2v) is 6.76. The number of fused-ring (bicyclic) bond motifs is 1. The van der Waals surface area contributed by atoms with E-state index in [-0.39, 0.29) is 31.2 Å². The lowest BCUT2D eigenvalue weighted by Crippen LogP contribution is -2.36. The average molecular weight is 330 g/mol. The Morgan fingerprint density at radius 2 is 1.57 bits per heavy atom. The van der Waals surface area contributed by atoms with Crippen LogP contribution in [-0.4, -0.2) is 49.2 Å². The topological polar surface area (TPSA) is 77.8 Å². The summed E-state index contributed by atoms with van der Waals surface area (Å²) in [6.45, 7) is -0.803. The molecule has 0 saturated carbocycles. The van der Waals surface area contributed by atoms with Crippen molar-refractivity contribution >= 4 is 32.4 Å². The van der Waals surface area contributed by atoms with Crippen molar-refractivity contribution in [1.29, 1.82) is 0 Å². The van der Waals surface area contributed by atoms with Crippen molar-refractivity contribution in [2.75, 3.05) is 26.3 Å². The van der Waals surface area contributed by atoms with Gasteiger partial charge in [0.25, 0.3) is 0 Å². The molecule has 0 aliphatic rings. The summed E-state index contributed by atoms with van der Waals surface area (Å²) in [5.74, 6) is 0. The van der Waals surface area contributed by atoms with Gasteiger partial charge in [-0.3, -0.25) is 0 Å². The Bertz CT molecular complexity index is 722. The van der Waals surface area contributed by atoms with Gasteiger partial charge in [-0.2, -0.15) is 4.31 Å².